The summed E-state index contributed by atoms with van der Waals surface area (Å²) in [6, 6.07) is 6.29. The fourth-order valence-corrected chi connectivity index (χ4v) is 3.94. The average molecular weight is 346 g/mol. The Kier molecular flexibility index (Phi) is 5.23. The Labute approximate surface area is 150 Å². The van der Waals surface area contributed by atoms with Gasteiger partial charge in [-0.1, -0.05) is 13.0 Å². The normalized spacial score (nSPS) is 22.4. The number of hydrogen-bond donors (Lipinski definition) is 2. The summed E-state index contributed by atoms with van der Waals surface area (Å²) in [5, 5.41) is 12.3. The molecule has 2 aliphatic rings. The molecule has 0 radical (unpaired) electrons. The van der Waals surface area contributed by atoms with Crippen LogP contribution in [0.25, 0.3) is 0 Å². The van der Waals surface area contributed by atoms with Crippen LogP contribution in [-0.2, 0) is 6.42 Å². The molecule has 1 aromatic carbocycles. The van der Waals surface area contributed by atoms with Crippen LogP contribution in [0.4, 0.5) is 4.79 Å². The Balaban J connectivity index is 1.65. The first kappa shape index (κ1) is 18.1. The molecular weight excluding hydrogens is 316 g/mol. The van der Waals surface area contributed by atoms with Crippen molar-refractivity contribution in [1.29, 1.82) is 0 Å². The standard InChI is InChI=1S/C20H30N2O3/c1-4-17(21-19(24)22-9-7-14(13-22)8-10-23)15-5-6-18-16(11-15)12-20(2,3)25-18/h5-6,11,14,17,23H,4,7-10,12-13H2,1-3H3,(H,21,24)/t14-,17-/m1/s1. The number of aliphatic hydroxyl groups is 1. The Morgan fingerprint density at radius 1 is 1.48 bits per heavy atom. The Hall–Kier alpha value is -1.75. The van der Waals surface area contributed by atoms with Gasteiger partial charge in [0.05, 0.1) is 6.04 Å². The maximum atomic E-state index is 12.6. The Bertz CT molecular complexity index is 629. The minimum atomic E-state index is -0.150. The molecule has 2 amide bonds. The lowest BCUT2D eigenvalue weighted by atomic mass is 9.97. The minimum absolute atomic E-state index is 0.00404. The lowest BCUT2D eigenvalue weighted by Gasteiger charge is -2.23. The highest BCUT2D eigenvalue weighted by molar-refractivity contribution is 5.75. The summed E-state index contributed by atoms with van der Waals surface area (Å²) in [6.45, 7) is 8.01. The molecule has 0 unspecified atom stereocenters. The third-order valence-electron chi connectivity index (χ3n) is 5.31. The van der Waals surface area contributed by atoms with E-state index in [0.717, 1.165) is 50.1 Å². The molecule has 5 heteroatoms. The second kappa shape index (κ2) is 7.24. The van der Waals surface area contributed by atoms with E-state index in [2.05, 4.69) is 38.2 Å². The van der Waals surface area contributed by atoms with Crippen molar-refractivity contribution in [2.45, 2.75) is 58.1 Å². The van der Waals surface area contributed by atoms with Gasteiger partial charge in [-0.3, -0.25) is 0 Å². The number of likely N-dealkylation sites (tertiary alicyclic amines) is 1. The van der Waals surface area contributed by atoms with Crippen LogP contribution >= 0.6 is 0 Å². The third kappa shape index (κ3) is 4.09. The highest BCUT2D eigenvalue weighted by atomic mass is 16.5. The second-order valence-electron chi connectivity index (χ2n) is 7.93. The van der Waals surface area contributed by atoms with Crippen molar-refractivity contribution in [3.63, 3.8) is 0 Å². The van der Waals surface area contributed by atoms with Gasteiger partial charge in [-0.2, -0.15) is 0 Å². The van der Waals surface area contributed by atoms with E-state index >= 15 is 0 Å². The number of carbonyl (C=O) groups excluding carboxylic acids is 1. The van der Waals surface area contributed by atoms with Crippen molar-refractivity contribution in [2.24, 2.45) is 5.92 Å². The van der Waals surface area contributed by atoms with Crippen LogP contribution in [0.15, 0.2) is 18.2 Å². The second-order valence-corrected chi connectivity index (χ2v) is 7.93. The van der Waals surface area contributed by atoms with Crippen molar-refractivity contribution in [2.75, 3.05) is 19.7 Å². The molecule has 0 saturated carbocycles. The van der Waals surface area contributed by atoms with Crippen LogP contribution in [-0.4, -0.2) is 41.3 Å². The molecule has 1 aromatic rings. The van der Waals surface area contributed by atoms with Crippen molar-refractivity contribution in [3.05, 3.63) is 29.3 Å². The van der Waals surface area contributed by atoms with Crippen LogP contribution in [0.1, 0.15) is 57.2 Å². The molecule has 3 rings (SSSR count). The van der Waals surface area contributed by atoms with Gasteiger partial charge in [0.1, 0.15) is 11.4 Å². The number of nitrogens with zero attached hydrogens (tertiary/aromatic N) is 1. The highest BCUT2D eigenvalue weighted by Gasteiger charge is 2.31. The Morgan fingerprint density at radius 3 is 3.00 bits per heavy atom. The van der Waals surface area contributed by atoms with E-state index in [1.165, 1.54) is 5.56 Å². The summed E-state index contributed by atoms with van der Waals surface area (Å²) in [5.41, 5.74) is 2.21. The molecule has 2 N–H and O–H groups in total. The zero-order chi connectivity index (χ0) is 18.0. The van der Waals surface area contributed by atoms with Gasteiger partial charge in [0.25, 0.3) is 0 Å². The van der Waals surface area contributed by atoms with Crippen molar-refractivity contribution >= 4 is 6.03 Å². The molecule has 0 aromatic heterocycles. The fraction of sp³-hybridized carbons (Fsp3) is 0.650. The topological polar surface area (TPSA) is 61.8 Å². The average Bonchev–Trinajstić information content (AvgIpc) is 3.14. The van der Waals surface area contributed by atoms with E-state index < -0.39 is 0 Å². The molecule has 0 aliphatic carbocycles. The number of ether oxygens (including phenoxy) is 1. The molecule has 2 atom stereocenters. The van der Waals surface area contributed by atoms with Crippen LogP contribution in [0.3, 0.4) is 0 Å². The van der Waals surface area contributed by atoms with Gasteiger partial charge in [0.2, 0.25) is 0 Å². The van der Waals surface area contributed by atoms with Crippen molar-refractivity contribution in [1.82, 2.24) is 10.2 Å². The van der Waals surface area contributed by atoms with Crippen molar-refractivity contribution in [3.8, 4) is 5.75 Å². The summed E-state index contributed by atoms with van der Waals surface area (Å²) in [5.74, 6) is 1.39. The summed E-state index contributed by atoms with van der Waals surface area (Å²) < 4.78 is 5.94. The van der Waals surface area contributed by atoms with Crippen LogP contribution in [0.5, 0.6) is 5.75 Å². The van der Waals surface area contributed by atoms with Gasteiger partial charge in [-0.25, -0.2) is 4.79 Å². The molecular formula is C20H30N2O3. The first-order chi connectivity index (χ1) is 11.9. The SMILES string of the molecule is CC[C@@H](NC(=O)N1CC[C@H](CCO)C1)c1ccc2c(c1)CC(C)(C)O2. The molecule has 0 spiro atoms. The number of rotatable bonds is 5. The van der Waals surface area contributed by atoms with Crippen LogP contribution in [0, 0.1) is 5.92 Å². The first-order valence-corrected chi connectivity index (χ1v) is 9.40. The monoisotopic (exact) mass is 346 g/mol. The van der Waals surface area contributed by atoms with E-state index in [0.29, 0.717) is 5.92 Å². The first-order valence-electron chi connectivity index (χ1n) is 9.40. The maximum Gasteiger partial charge on any atom is 0.317 e. The molecule has 1 saturated heterocycles. The lowest BCUT2D eigenvalue weighted by molar-refractivity contribution is 0.138. The van der Waals surface area contributed by atoms with Gasteiger partial charge >= 0.3 is 6.03 Å². The Morgan fingerprint density at radius 2 is 2.28 bits per heavy atom. The number of urea groups is 1. The number of benzene rings is 1. The number of hydrogen-bond acceptors (Lipinski definition) is 3. The zero-order valence-electron chi connectivity index (χ0n) is 15.5. The summed E-state index contributed by atoms with van der Waals surface area (Å²) in [7, 11) is 0. The third-order valence-corrected chi connectivity index (χ3v) is 5.31. The summed E-state index contributed by atoms with van der Waals surface area (Å²) >= 11 is 0. The van der Waals surface area contributed by atoms with Gasteiger partial charge in [-0.15, -0.1) is 0 Å². The number of fused-ring (bicyclic) bond motifs is 1. The molecule has 0 bridgehead atoms. The molecule has 25 heavy (non-hydrogen) atoms. The fourth-order valence-electron chi connectivity index (χ4n) is 3.94. The van der Waals surface area contributed by atoms with Crippen LogP contribution in [0.2, 0.25) is 0 Å². The quantitative estimate of drug-likeness (QED) is 0.860. The summed E-state index contributed by atoms with van der Waals surface area (Å²) in [4.78, 5) is 14.5. The number of amides is 2. The zero-order valence-corrected chi connectivity index (χ0v) is 15.5. The van der Waals surface area contributed by atoms with Gasteiger partial charge in [0, 0.05) is 26.1 Å². The molecule has 1 fully saturated rings. The maximum absolute atomic E-state index is 12.6. The molecule has 2 aliphatic heterocycles. The minimum Gasteiger partial charge on any atom is -0.487 e. The predicted molar refractivity (Wildman–Crippen MR) is 97.8 cm³/mol. The van der Waals surface area contributed by atoms with E-state index in [9.17, 15) is 4.79 Å². The molecule has 5 nitrogen and oxygen atoms in total. The smallest absolute Gasteiger partial charge is 0.317 e. The molecule has 2 heterocycles. The summed E-state index contributed by atoms with van der Waals surface area (Å²) in [6.07, 6.45) is 3.51. The van der Waals surface area contributed by atoms with E-state index in [1.807, 2.05) is 11.0 Å². The highest BCUT2D eigenvalue weighted by Crippen LogP contribution is 2.36. The number of nitrogens with one attached hydrogen (secondary N) is 1. The van der Waals surface area contributed by atoms with E-state index in [1.54, 1.807) is 0 Å². The van der Waals surface area contributed by atoms with Crippen LogP contribution < -0.4 is 10.1 Å². The van der Waals surface area contributed by atoms with Crippen molar-refractivity contribution < 1.29 is 14.6 Å². The predicted octanol–water partition coefficient (Wildman–Crippen LogP) is 3.27. The number of aliphatic hydroxyl groups excluding tert-OH is 1. The van der Waals surface area contributed by atoms with E-state index in [4.69, 9.17) is 9.84 Å². The van der Waals surface area contributed by atoms with Gasteiger partial charge in [0.15, 0.2) is 0 Å². The molecule has 138 valence electrons. The number of carbonyl (C=O) groups is 1. The van der Waals surface area contributed by atoms with Gasteiger partial charge in [-0.05, 0) is 62.3 Å². The van der Waals surface area contributed by atoms with Gasteiger partial charge < -0.3 is 20.1 Å². The largest absolute Gasteiger partial charge is 0.487 e. The lowest BCUT2D eigenvalue weighted by Crippen LogP contribution is -2.40. The van der Waals surface area contributed by atoms with E-state index in [-0.39, 0.29) is 24.3 Å².